The zero-order valence-corrected chi connectivity index (χ0v) is 12.9. The quantitative estimate of drug-likeness (QED) is 0.733. The van der Waals surface area contributed by atoms with Crippen LogP contribution in [0.25, 0.3) is 22.6 Å². The van der Waals surface area contributed by atoms with Crippen LogP contribution in [0.5, 0.6) is 0 Å². The first kappa shape index (κ1) is 15.2. The number of benzene rings is 2. The average Bonchev–Trinajstić information content (AvgIpc) is 2.99. The van der Waals surface area contributed by atoms with E-state index in [4.69, 9.17) is 14.9 Å². The molecule has 0 saturated carbocycles. The van der Waals surface area contributed by atoms with Gasteiger partial charge in [-0.2, -0.15) is 0 Å². The molecule has 2 N–H and O–H groups in total. The zero-order chi connectivity index (χ0) is 16.2. The van der Waals surface area contributed by atoms with Gasteiger partial charge >= 0.3 is 5.97 Å². The number of fused-ring (bicyclic) bond motifs is 1. The van der Waals surface area contributed by atoms with Gasteiger partial charge in [-0.3, -0.25) is 4.79 Å². The number of esters is 1. The summed E-state index contributed by atoms with van der Waals surface area (Å²) in [5.74, 6) is 0.197. The van der Waals surface area contributed by atoms with E-state index in [2.05, 4.69) is 4.98 Å². The van der Waals surface area contributed by atoms with E-state index in [9.17, 15) is 4.79 Å². The summed E-state index contributed by atoms with van der Waals surface area (Å²) < 4.78 is 10.6. The highest BCUT2D eigenvalue weighted by atomic mass is 16.5. The average molecular weight is 310 g/mol. The fourth-order valence-corrected chi connectivity index (χ4v) is 2.37. The highest BCUT2D eigenvalue weighted by Gasteiger charge is 2.15. The number of carbonyl (C=O) groups is 1. The van der Waals surface area contributed by atoms with Crippen molar-refractivity contribution in [3.63, 3.8) is 0 Å². The molecule has 0 aliphatic rings. The highest BCUT2D eigenvalue weighted by molar-refractivity contribution is 5.76. The number of nitrogens with two attached hydrogens (primary N) is 1. The Morgan fingerprint density at radius 3 is 2.65 bits per heavy atom. The lowest BCUT2D eigenvalue weighted by molar-refractivity contribution is -0.144. The molecule has 0 radical (unpaired) electrons. The predicted octanol–water partition coefficient (Wildman–Crippen LogP) is 2.93. The number of ether oxygens (including phenoxy) is 1. The van der Waals surface area contributed by atoms with E-state index >= 15 is 0 Å². The minimum atomic E-state index is -0.648. The van der Waals surface area contributed by atoms with Crippen molar-refractivity contribution in [2.75, 3.05) is 6.61 Å². The third-order valence-electron chi connectivity index (χ3n) is 3.54. The molecule has 0 spiro atoms. The van der Waals surface area contributed by atoms with E-state index in [1.54, 1.807) is 6.92 Å². The summed E-state index contributed by atoms with van der Waals surface area (Å²) in [6.45, 7) is 2.10. The van der Waals surface area contributed by atoms with Gasteiger partial charge in [-0.25, -0.2) is 4.98 Å². The Labute approximate surface area is 134 Å². The van der Waals surface area contributed by atoms with Crippen LogP contribution in [0.4, 0.5) is 0 Å². The lowest BCUT2D eigenvalue weighted by atomic mass is 10.0. The van der Waals surface area contributed by atoms with Crippen LogP contribution in [-0.2, 0) is 16.0 Å². The molecule has 0 bridgehead atoms. The second-order valence-corrected chi connectivity index (χ2v) is 5.25. The molecular formula is C18H18N2O3. The summed E-state index contributed by atoms with van der Waals surface area (Å²) in [7, 11) is 0. The summed E-state index contributed by atoms with van der Waals surface area (Å²) in [6, 6.07) is 14.7. The van der Waals surface area contributed by atoms with Crippen molar-refractivity contribution >= 4 is 17.1 Å². The summed E-state index contributed by atoms with van der Waals surface area (Å²) in [5, 5.41) is 0. The second kappa shape index (κ2) is 6.62. The number of rotatable bonds is 5. The second-order valence-electron chi connectivity index (χ2n) is 5.25. The standard InChI is InChI=1S/C18H18N2O3/c1-2-22-18(21)14(19)11-12-7-9-13(10-8-12)17-20-15-5-3-4-6-16(15)23-17/h3-10,14H,2,11,19H2,1H3. The highest BCUT2D eigenvalue weighted by Crippen LogP contribution is 2.24. The number of carbonyl (C=O) groups excluding carboxylic acids is 1. The van der Waals surface area contributed by atoms with Crippen LogP contribution >= 0.6 is 0 Å². The maximum absolute atomic E-state index is 11.6. The minimum Gasteiger partial charge on any atom is -0.465 e. The Morgan fingerprint density at radius 2 is 1.96 bits per heavy atom. The molecule has 0 amide bonds. The first-order valence-corrected chi connectivity index (χ1v) is 7.54. The van der Waals surface area contributed by atoms with Crippen LogP contribution in [0.1, 0.15) is 12.5 Å². The van der Waals surface area contributed by atoms with Gasteiger partial charge in [-0.1, -0.05) is 24.3 Å². The first-order valence-electron chi connectivity index (χ1n) is 7.54. The Bertz CT molecular complexity index is 776. The molecule has 2 aromatic carbocycles. The summed E-state index contributed by atoms with van der Waals surface area (Å²) in [4.78, 5) is 16.0. The van der Waals surface area contributed by atoms with E-state index in [1.807, 2.05) is 48.5 Å². The van der Waals surface area contributed by atoms with Crippen LogP contribution in [0.2, 0.25) is 0 Å². The molecule has 0 aliphatic heterocycles. The smallest absolute Gasteiger partial charge is 0.323 e. The summed E-state index contributed by atoms with van der Waals surface area (Å²) in [5.41, 5.74) is 9.27. The SMILES string of the molecule is CCOC(=O)C(N)Cc1ccc(-c2nc3ccccc3o2)cc1. The number of aromatic nitrogens is 1. The van der Waals surface area contributed by atoms with Crippen LogP contribution in [0.15, 0.2) is 52.9 Å². The number of hydrogen-bond donors (Lipinski definition) is 1. The van der Waals surface area contributed by atoms with Crippen LogP contribution in [-0.4, -0.2) is 23.6 Å². The van der Waals surface area contributed by atoms with Gasteiger partial charge in [0.25, 0.3) is 0 Å². The van der Waals surface area contributed by atoms with Crippen molar-refractivity contribution < 1.29 is 13.9 Å². The Balaban J connectivity index is 1.75. The third kappa shape index (κ3) is 3.40. The van der Waals surface area contributed by atoms with E-state index in [0.29, 0.717) is 18.9 Å². The van der Waals surface area contributed by atoms with E-state index < -0.39 is 6.04 Å². The Kier molecular flexibility index (Phi) is 4.39. The molecule has 1 unspecified atom stereocenters. The number of nitrogens with zero attached hydrogens (tertiary/aromatic N) is 1. The normalized spacial score (nSPS) is 12.3. The lowest BCUT2D eigenvalue weighted by Crippen LogP contribution is -2.34. The molecule has 0 fully saturated rings. The summed E-state index contributed by atoms with van der Waals surface area (Å²) in [6.07, 6.45) is 0.437. The summed E-state index contributed by atoms with van der Waals surface area (Å²) >= 11 is 0. The topological polar surface area (TPSA) is 78.4 Å². The molecule has 23 heavy (non-hydrogen) atoms. The largest absolute Gasteiger partial charge is 0.465 e. The third-order valence-corrected chi connectivity index (χ3v) is 3.54. The number of hydrogen-bond acceptors (Lipinski definition) is 5. The first-order chi connectivity index (χ1) is 11.2. The minimum absolute atomic E-state index is 0.337. The fraction of sp³-hybridized carbons (Fsp3) is 0.222. The molecule has 5 heteroatoms. The van der Waals surface area contributed by atoms with E-state index in [1.165, 1.54) is 0 Å². The van der Waals surface area contributed by atoms with E-state index in [-0.39, 0.29) is 5.97 Å². The maximum atomic E-state index is 11.6. The zero-order valence-electron chi connectivity index (χ0n) is 12.9. The van der Waals surface area contributed by atoms with Gasteiger partial charge in [0.15, 0.2) is 5.58 Å². The fourth-order valence-electron chi connectivity index (χ4n) is 2.37. The number of oxazole rings is 1. The van der Waals surface area contributed by atoms with Crippen molar-refractivity contribution in [2.45, 2.75) is 19.4 Å². The molecular weight excluding hydrogens is 292 g/mol. The predicted molar refractivity (Wildman–Crippen MR) is 87.8 cm³/mol. The van der Waals surface area contributed by atoms with Gasteiger partial charge in [0.05, 0.1) is 6.61 Å². The molecule has 0 aliphatic carbocycles. The lowest BCUT2D eigenvalue weighted by Gasteiger charge is -2.10. The van der Waals surface area contributed by atoms with E-state index in [0.717, 1.165) is 22.2 Å². The molecule has 118 valence electrons. The van der Waals surface area contributed by atoms with Crippen molar-refractivity contribution in [1.82, 2.24) is 4.98 Å². The van der Waals surface area contributed by atoms with Gasteiger partial charge in [0.2, 0.25) is 5.89 Å². The van der Waals surface area contributed by atoms with Crippen molar-refractivity contribution in [1.29, 1.82) is 0 Å². The Morgan fingerprint density at radius 1 is 1.22 bits per heavy atom. The Hall–Kier alpha value is -2.66. The monoisotopic (exact) mass is 310 g/mol. The van der Waals surface area contributed by atoms with Gasteiger partial charge in [0.1, 0.15) is 11.6 Å². The van der Waals surface area contributed by atoms with Crippen molar-refractivity contribution in [3.8, 4) is 11.5 Å². The molecule has 3 rings (SSSR count). The maximum Gasteiger partial charge on any atom is 0.323 e. The van der Waals surface area contributed by atoms with Gasteiger partial charge in [-0.15, -0.1) is 0 Å². The van der Waals surface area contributed by atoms with Crippen LogP contribution < -0.4 is 5.73 Å². The molecule has 0 saturated heterocycles. The molecule has 1 atom stereocenters. The number of para-hydroxylation sites is 2. The molecule has 1 aromatic heterocycles. The van der Waals surface area contributed by atoms with Gasteiger partial charge in [-0.05, 0) is 43.2 Å². The van der Waals surface area contributed by atoms with Crippen molar-refractivity contribution in [2.24, 2.45) is 5.73 Å². The molecule has 1 heterocycles. The van der Waals surface area contributed by atoms with Crippen molar-refractivity contribution in [3.05, 3.63) is 54.1 Å². The molecule has 3 aromatic rings. The van der Waals surface area contributed by atoms with Gasteiger partial charge < -0.3 is 14.9 Å². The van der Waals surface area contributed by atoms with Crippen LogP contribution in [0.3, 0.4) is 0 Å². The van der Waals surface area contributed by atoms with Crippen LogP contribution in [0, 0.1) is 0 Å². The molecule has 5 nitrogen and oxygen atoms in total. The van der Waals surface area contributed by atoms with Gasteiger partial charge in [0, 0.05) is 5.56 Å².